The zero-order valence-corrected chi connectivity index (χ0v) is 10.6. The van der Waals surface area contributed by atoms with E-state index in [1.807, 2.05) is 24.3 Å². The molecule has 94 valence electrons. The van der Waals surface area contributed by atoms with Crippen molar-refractivity contribution in [2.24, 2.45) is 5.73 Å². The number of nitrogens with zero attached hydrogens (tertiary/aromatic N) is 1. The van der Waals surface area contributed by atoms with Gasteiger partial charge in [0.2, 0.25) is 0 Å². The maximum atomic E-state index is 5.77. The van der Waals surface area contributed by atoms with Gasteiger partial charge in [-0.1, -0.05) is 18.2 Å². The van der Waals surface area contributed by atoms with E-state index in [4.69, 9.17) is 10.5 Å². The molecular weight excluding hydrogens is 212 g/mol. The van der Waals surface area contributed by atoms with E-state index in [0.29, 0.717) is 6.54 Å². The summed E-state index contributed by atoms with van der Waals surface area (Å²) in [7, 11) is 2.20. The molecule has 0 bridgehead atoms. The summed E-state index contributed by atoms with van der Waals surface area (Å²) in [5.74, 6) is 0.934. The molecule has 0 amide bonds. The Morgan fingerprint density at radius 3 is 2.82 bits per heavy atom. The lowest BCUT2D eigenvalue weighted by atomic mass is 10.2. The van der Waals surface area contributed by atoms with Crippen LogP contribution in [0.4, 0.5) is 0 Å². The molecule has 0 spiro atoms. The van der Waals surface area contributed by atoms with Gasteiger partial charge in [-0.15, -0.1) is 0 Å². The normalized spacial score (nSPS) is 15.2. The van der Waals surface area contributed by atoms with Gasteiger partial charge < -0.3 is 15.4 Å². The Hall–Kier alpha value is -1.06. The van der Waals surface area contributed by atoms with Crippen LogP contribution in [-0.4, -0.2) is 31.1 Å². The summed E-state index contributed by atoms with van der Waals surface area (Å²) in [5.41, 5.74) is 6.75. The minimum Gasteiger partial charge on any atom is -0.493 e. The molecule has 3 heteroatoms. The van der Waals surface area contributed by atoms with Gasteiger partial charge in [-0.25, -0.2) is 0 Å². The van der Waals surface area contributed by atoms with E-state index in [1.165, 1.54) is 12.8 Å². The van der Waals surface area contributed by atoms with Gasteiger partial charge in [-0.2, -0.15) is 0 Å². The van der Waals surface area contributed by atoms with Crippen LogP contribution in [0.1, 0.15) is 24.8 Å². The first-order valence-corrected chi connectivity index (χ1v) is 6.42. The van der Waals surface area contributed by atoms with Crippen LogP contribution in [0.3, 0.4) is 0 Å². The molecule has 1 aromatic carbocycles. The molecular formula is C14H22N2O. The summed E-state index contributed by atoms with van der Waals surface area (Å²) in [5, 5.41) is 0. The second kappa shape index (κ2) is 6.03. The number of para-hydroxylation sites is 1. The molecule has 0 unspecified atom stereocenters. The van der Waals surface area contributed by atoms with E-state index in [-0.39, 0.29) is 0 Å². The monoisotopic (exact) mass is 234 g/mol. The molecule has 0 atom stereocenters. The van der Waals surface area contributed by atoms with Crippen molar-refractivity contribution in [3.8, 4) is 5.75 Å². The fourth-order valence-corrected chi connectivity index (χ4v) is 2.01. The smallest absolute Gasteiger partial charge is 0.123 e. The van der Waals surface area contributed by atoms with Gasteiger partial charge in [0, 0.05) is 24.7 Å². The van der Waals surface area contributed by atoms with Crippen LogP contribution in [0.25, 0.3) is 0 Å². The van der Waals surface area contributed by atoms with Crippen molar-refractivity contribution in [2.45, 2.75) is 31.8 Å². The molecule has 1 aromatic rings. The van der Waals surface area contributed by atoms with Crippen molar-refractivity contribution in [3.05, 3.63) is 29.8 Å². The highest BCUT2D eigenvalue weighted by molar-refractivity contribution is 5.32. The molecule has 1 saturated carbocycles. The summed E-state index contributed by atoms with van der Waals surface area (Å²) in [6, 6.07) is 8.84. The summed E-state index contributed by atoms with van der Waals surface area (Å²) in [6.45, 7) is 2.43. The van der Waals surface area contributed by atoms with E-state index in [1.54, 1.807) is 0 Å². The molecule has 17 heavy (non-hydrogen) atoms. The maximum Gasteiger partial charge on any atom is 0.123 e. The molecule has 2 rings (SSSR count). The minimum absolute atomic E-state index is 0.540. The lowest BCUT2D eigenvalue weighted by Gasteiger charge is -2.16. The van der Waals surface area contributed by atoms with Crippen molar-refractivity contribution in [2.75, 3.05) is 20.2 Å². The predicted molar refractivity (Wildman–Crippen MR) is 70.1 cm³/mol. The zero-order chi connectivity index (χ0) is 12.1. The van der Waals surface area contributed by atoms with E-state index < -0.39 is 0 Å². The Morgan fingerprint density at radius 2 is 2.12 bits per heavy atom. The fourth-order valence-electron chi connectivity index (χ4n) is 2.01. The van der Waals surface area contributed by atoms with Gasteiger partial charge in [0.15, 0.2) is 0 Å². The van der Waals surface area contributed by atoms with E-state index in [0.717, 1.165) is 36.9 Å². The highest BCUT2D eigenvalue weighted by atomic mass is 16.5. The number of hydrogen-bond donors (Lipinski definition) is 1. The number of benzene rings is 1. The zero-order valence-electron chi connectivity index (χ0n) is 10.6. The molecule has 0 heterocycles. The van der Waals surface area contributed by atoms with E-state index >= 15 is 0 Å². The van der Waals surface area contributed by atoms with Gasteiger partial charge >= 0.3 is 0 Å². The van der Waals surface area contributed by atoms with E-state index in [2.05, 4.69) is 11.9 Å². The summed E-state index contributed by atoms with van der Waals surface area (Å²) < 4.78 is 5.77. The van der Waals surface area contributed by atoms with Gasteiger partial charge in [0.25, 0.3) is 0 Å². The summed E-state index contributed by atoms with van der Waals surface area (Å²) >= 11 is 0. The molecule has 0 radical (unpaired) electrons. The van der Waals surface area contributed by atoms with Crippen molar-refractivity contribution in [1.82, 2.24) is 4.90 Å². The van der Waals surface area contributed by atoms with Crippen molar-refractivity contribution in [3.63, 3.8) is 0 Å². The second-order valence-corrected chi connectivity index (χ2v) is 4.73. The number of hydrogen-bond acceptors (Lipinski definition) is 3. The van der Waals surface area contributed by atoms with Gasteiger partial charge in [0.1, 0.15) is 5.75 Å². The number of ether oxygens (including phenoxy) is 1. The fraction of sp³-hybridized carbons (Fsp3) is 0.571. The molecule has 2 N–H and O–H groups in total. The van der Waals surface area contributed by atoms with Gasteiger partial charge in [0.05, 0.1) is 6.61 Å². The Kier molecular flexibility index (Phi) is 4.40. The molecule has 1 aliphatic carbocycles. The third-order valence-corrected chi connectivity index (χ3v) is 3.28. The van der Waals surface area contributed by atoms with Crippen LogP contribution < -0.4 is 10.5 Å². The molecule has 1 aliphatic rings. The van der Waals surface area contributed by atoms with Crippen LogP contribution in [0, 0.1) is 0 Å². The van der Waals surface area contributed by atoms with Crippen LogP contribution in [0.2, 0.25) is 0 Å². The van der Waals surface area contributed by atoms with Crippen molar-refractivity contribution in [1.29, 1.82) is 0 Å². The topological polar surface area (TPSA) is 38.5 Å². The highest BCUT2D eigenvalue weighted by Crippen LogP contribution is 2.25. The molecule has 0 saturated heterocycles. The average Bonchev–Trinajstić information content (AvgIpc) is 3.19. The van der Waals surface area contributed by atoms with Crippen LogP contribution >= 0.6 is 0 Å². The molecule has 0 aliphatic heterocycles. The molecule has 1 fully saturated rings. The first-order chi connectivity index (χ1) is 8.31. The summed E-state index contributed by atoms with van der Waals surface area (Å²) in [6.07, 6.45) is 3.81. The van der Waals surface area contributed by atoms with Crippen molar-refractivity contribution < 1.29 is 4.74 Å². The van der Waals surface area contributed by atoms with Gasteiger partial charge in [-0.05, 0) is 32.4 Å². The van der Waals surface area contributed by atoms with Crippen molar-refractivity contribution >= 4 is 0 Å². The minimum atomic E-state index is 0.540. The third-order valence-electron chi connectivity index (χ3n) is 3.28. The second-order valence-electron chi connectivity index (χ2n) is 4.73. The quantitative estimate of drug-likeness (QED) is 0.733. The van der Waals surface area contributed by atoms with Gasteiger partial charge in [-0.3, -0.25) is 0 Å². The lowest BCUT2D eigenvalue weighted by Crippen LogP contribution is -2.23. The Labute approximate surface area is 104 Å². The van der Waals surface area contributed by atoms with Crippen LogP contribution in [0.5, 0.6) is 5.75 Å². The average molecular weight is 234 g/mol. The number of nitrogens with two attached hydrogens (primary N) is 1. The summed E-state index contributed by atoms with van der Waals surface area (Å²) in [4.78, 5) is 2.43. The third kappa shape index (κ3) is 3.72. The predicted octanol–water partition coefficient (Wildman–Crippen LogP) is 2.01. The molecule has 3 nitrogen and oxygen atoms in total. The van der Waals surface area contributed by atoms with Crippen LogP contribution in [-0.2, 0) is 6.54 Å². The lowest BCUT2D eigenvalue weighted by molar-refractivity contribution is 0.256. The SMILES string of the molecule is CN(CCCOc1ccccc1CN)C1CC1. The van der Waals surface area contributed by atoms with E-state index in [9.17, 15) is 0 Å². The first kappa shape index (κ1) is 12.4. The highest BCUT2D eigenvalue weighted by Gasteiger charge is 2.25. The standard InChI is InChI=1S/C14H22N2O/c1-16(13-7-8-13)9-4-10-17-14-6-3-2-5-12(14)11-15/h2-3,5-6,13H,4,7-11,15H2,1H3. The van der Waals surface area contributed by atoms with Crippen LogP contribution in [0.15, 0.2) is 24.3 Å². The Morgan fingerprint density at radius 1 is 1.35 bits per heavy atom. The Bertz CT molecular complexity index is 350. The number of rotatable bonds is 7. The molecule has 0 aromatic heterocycles. The maximum absolute atomic E-state index is 5.77. The largest absolute Gasteiger partial charge is 0.493 e. The first-order valence-electron chi connectivity index (χ1n) is 6.42. The Balaban J connectivity index is 1.70.